The molecule has 1 aromatic rings. The van der Waals surface area contributed by atoms with E-state index in [2.05, 4.69) is 9.47 Å². The third-order valence-corrected chi connectivity index (χ3v) is 3.02. The van der Waals surface area contributed by atoms with Crippen LogP contribution in [-0.2, 0) is 9.53 Å². The summed E-state index contributed by atoms with van der Waals surface area (Å²) in [7, 11) is 0. The minimum absolute atomic E-state index is 0.245. The second kappa shape index (κ2) is 7.04. The molecule has 0 saturated carbocycles. The summed E-state index contributed by atoms with van der Waals surface area (Å²) in [5, 5.41) is 0. The summed E-state index contributed by atoms with van der Waals surface area (Å²) in [6, 6.07) is 3.08. The molecule has 0 saturated heterocycles. The molecule has 0 heterocycles. The number of alkyl halides is 11. The van der Waals surface area contributed by atoms with Crippen molar-refractivity contribution in [3.63, 3.8) is 0 Å². The molecular weight excluding hydrogens is 425 g/mol. The summed E-state index contributed by atoms with van der Waals surface area (Å²) in [5.74, 6) is -17.8. The average molecular weight is 434 g/mol. The van der Waals surface area contributed by atoms with Crippen LogP contribution in [0.1, 0.15) is 11.1 Å². The van der Waals surface area contributed by atoms with E-state index in [0.29, 0.717) is 0 Å². The second-order valence-corrected chi connectivity index (χ2v) is 5.50. The van der Waals surface area contributed by atoms with Crippen LogP contribution in [0.3, 0.4) is 0 Å². The number of benzene rings is 1. The van der Waals surface area contributed by atoms with Gasteiger partial charge in [0, 0.05) is 0 Å². The fraction of sp³-hybridized carbons (Fsp3) is 0.500. The summed E-state index contributed by atoms with van der Waals surface area (Å²) in [5.41, 5.74) is 0.489. The van der Waals surface area contributed by atoms with Crippen molar-refractivity contribution in [3.8, 4) is 5.75 Å². The number of hydrogen-bond donors (Lipinski definition) is 0. The lowest BCUT2D eigenvalue weighted by atomic mass is 10.1. The van der Waals surface area contributed by atoms with Crippen molar-refractivity contribution in [1.29, 1.82) is 0 Å². The smallest absolute Gasteiger partial charge is 0.422 e. The Hall–Kier alpha value is -2.12. The van der Waals surface area contributed by atoms with Crippen LogP contribution in [0.25, 0.3) is 0 Å². The van der Waals surface area contributed by atoms with Gasteiger partial charge in [-0.2, -0.15) is 48.3 Å². The number of halogens is 11. The van der Waals surface area contributed by atoms with Crippen molar-refractivity contribution in [2.45, 2.75) is 44.1 Å². The van der Waals surface area contributed by atoms with Crippen LogP contribution < -0.4 is 4.74 Å². The summed E-state index contributed by atoms with van der Waals surface area (Å²) < 4.78 is 146. The molecule has 1 aromatic carbocycles. The Morgan fingerprint density at radius 1 is 0.750 bits per heavy atom. The first-order valence-electron chi connectivity index (χ1n) is 6.83. The third-order valence-electron chi connectivity index (χ3n) is 3.02. The van der Waals surface area contributed by atoms with Crippen molar-refractivity contribution < 1.29 is 62.6 Å². The van der Waals surface area contributed by atoms with Crippen molar-refractivity contribution >= 4 is 5.97 Å². The van der Waals surface area contributed by atoms with E-state index in [-0.39, 0.29) is 11.1 Å². The molecule has 160 valence electrons. The number of carbonyl (C=O) groups excluding carboxylic acids is 1. The van der Waals surface area contributed by atoms with Gasteiger partial charge in [-0.1, -0.05) is 6.07 Å². The summed E-state index contributed by atoms with van der Waals surface area (Å²) >= 11 is 0. The van der Waals surface area contributed by atoms with Gasteiger partial charge in [-0.25, -0.2) is 4.79 Å². The van der Waals surface area contributed by atoms with Crippen molar-refractivity contribution in [1.82, 2.24) is 0 Å². The molecule has 0 unspecified atom stereocenters. The van der Waals surface area contributed by atoms with E-state index < -0.39 is 42.0 Å². The fourth-order valence-electron chi connectivity index (χ4n) is 1.79. The van der Waals surface area contributed by atoms with Gasteiger partial charge in [0.2, 0.25) is 0 Å². The molecule has 0 N–H and O–H groups in total. The Kier molecular flexibility index (Phi) is 6.02. The molecule has 0 amide bonds. The predicted molar refractivity (Wildman–Crippen MR) is 68.5 cm³/mol. The predicted octanol–water partition coefficient (Wildman–Crippen LogP) is 5.24. The highest BCUT2D eigenvalue weighted by molar-refractivity contribution is 5.81. The Labute approximate surface area is 149 Å². The topological polar surface area (TPSA) is 35.5 Å². The zero-order valence-corrected chi connectivity index (χ0v) is 13.6. The lowest BCUT2D eigenvalue weighted by molar-refractivity contribution is -0.474. The van der Waals surface area contributed by atoms with Gasteiger partial charge in [-0.05, 0) is 37.1 Å². The molecule has 0 aromatic heterocycles. The zero-order valence-electron chi connectivity index (χ0n) is 13.6. The van der Waals surface area contributed by atoms with Crippen molar-refractivity contribution in [2.75, 3.05) is 0 Å². The lowest BCUT2D eigenvalue weighted by Gasteiger charge is -2.33. The molecule has 1 rings (SSSR count). The highest BCUT2D eigenvalue weighted by atomic mass is 19.4. The monoisotopic (exact) mass is 434 g/mol. The van der Waals surface area contributed by atoms with Gasteiger partial charge < -0.3 is 4.74 Å². The third kappa shape index (κ3) is 4.47. The van der Waals surface area contributed by atoms with E-state index in [1.54, 1.807) is 0 Å². The Morgan fingerprint density at radius 2 is 1.18 bits per heavy atom. The van der Waals surface area contributed by atoms with Gasteiger partial charge in [-0.3, -0.25) is 4.74 Å². The largest absolute Gasteiger partial charge is 0.462 e. The number of carbonyl (C=O) groups is 1. The number of hydrogen-bond acceptors (Lipinski definition) is 3. The van der Waals surface area contributed by atoms with Gasteiger partial charge in [0.15, 0.2) is 0 Å². The van der Waals surface area contributed by atoms with Crippen LogP contribution in [0.5, 0.6) is 5.75 Å². The average Bonchev–Trinajstić information content (AvgIpc) is 2.42. The van der Waals surface area contributed by atoms with Gasteiger partial charge in [0.25, 0.3) is 0 Å². The number of rotatable bonds is 5. The summed E-state index contributed by atoms with van der Waals surface area (Å²) in [6.45, 7) is 2.68. The molecule has 0 aliphatic carbocycles. The quantitative estimate of drug-likeness (QED) is 0.361. The van der Waals surface area contributed by atoms with Crippen LogP contribution >= 0.6 is 0 Å². The first-order chi connectivity index (χ1) is 12.2. The van der Waals surface area contributed by atoms with E-state index in [4.69, 9.17) is 0 Å². The summed E-state index contributed by atoms with van der Waals surface area (Å²) in [4.78, 5) is 11.5. The zero-order chi connectivity index (χ0) is 22.3. The minimum atomic E-state index is -7.26. The molecule has 0 spiro atoms. The standard InChI is InChI=1S/C14H9F11O3/c1-6-3-7(2)5-8(4-6)27-9(26)10(15,12(18,19)20)28-14(24,25)11(16,17)13(21,22)23/h3-5H,1-2H3/t10-/m0/s1. The molecule has 0 fully saturated rings. The molecule has 1 atom stereocenters. The number of aryl methyl sites for hydroxylation is 2. The molecule has 0 radical (unpaired) electrons. The van der Waals surface area contributed by atoms with Crippen LogP contribution in [0.2, 0.25) is 0 Å². The van der Waals surface area contributed by atoms with E-state index in [0.717, 1.165) is 12.1 Å². The van der Waals surface area contributed by atoms with E-state index in [1.807, 2.05) is 0 Å². The first kappa shape index (κ1) is 23.9. The highest BCUT2D eigenvalue weighted by Gasteiger charge is 2.80. The molecule has 14 heteroatoms. The lowest BCUT2D eigenvalue weighted by Crippen LogP contribution is -2.62. The first-order valence-corrected chi connectivity index (χ1v) is 6.83. The molecule has 0 aliphatic heterocycles. The molecule has 0 aliphatic rings. The van der Waals surface area contributed by atoms with Gasteiger partial charge in [0.1, 0.15) is 5.75 Å². The molecule has 0 bridgehead atoms. The highest BCUT2D eigenvalue weighted by Crippen LogP contribution is 2.51. The van der Waals surface area contributed by atoms with Gasteiger partial charge >= 0.3 is 36.2 Å². The van der Waals surface area contributed by atoms with Crippen LogP contribution in [0.15, 0.2) is 18.2 Å². The SMILES string of the molecule is Cc1cc(C)cc(OC(=O)[C@](F)(OC(F)(F)C(F)(F)C(F)(F)F)C(F)(F)F)c1. The fourth-order valence-corrected chi connectivity index (χ4v) is 1.79. The Bertz CT molecular complexity index is 719. The second-order valence-electron chi connectivity index (χ2n) is 5.50. The summed E-state index contributed by atoms with van der Waals surface area (Å²) in [6.07, 6.45) is -21.0. The van der Waals surface area contributed by atoms with Crippen molar-refractivity contribution in [3.05, 3.63) is 29.3 Å². The normalized spacial score (nSPS) is 15.9. The maximum absolute atomic E-state index is 14.0. The van der Waals surface area contributed by atoms with E-state index in [1.165, 1.54) is 19.9 Å². The number of ether oxygens (including phenoxy) is 2. The van der Waals surface area contributed by atoms with Crippen molar-refractivity contribution in [2.24, 2.45) is 0 Å². The van der Waals surface area contributed by atoms with Crippen LogP contribution in [0, 0.1) is 13.8 Å². The number of esters is 1. The maximum Gasteiger partial charge on any atom is 0.462 e. The van der Waals surface area contributed by atoms with Gasteiger partial charge in [0.05, 0.1) is 0 Å². The van der Waals surface area contributed by atoms with Crippen LogP contribution in [-0.4, -0.2) is 36.2 Å². The molecule has 3 nitrogen and oxygen atoms in total. The Balaban J connectivity index is 3.34. The molecule has 28 heavy (non-hydrogen) atoms. The molecular formula is C14H9F11O3. The maximum atomic E-state index is 14.0. The Morgan fingerprint density at radius 3 is 1.54 bits per heavy atom. The van der Waals surface area contributed by atoms with E-state index in [9.17, 15) is 53.1 Å². The van der Waals surface area contributed by atoms with Gasteiger partial charge in [-0.15, -0.1) is 0 Å². The minimum Gasteiger partial charge on any atom is -0.422 e. The van der Waals surface area contributed by atoms with Crippen LogP contribution in [0.4, 0.5) is 48.3 Å². The van der Waals surface area contributed by atoms with E-state index >= 15 is 0 Å².